The number of aliphatic hydroxyl groups is 3. The van der Waals surface area contributed by atoms with Crippen molar-refractivity contribution in [1.29, 1.82) is 0 Å². The van der Waals surface area contributed by atoms with E-state index in [1.807, 2.05) is 0 Å². The van der Waals surface area contributed by atoms with E-state index in [4.69, 9.17) is 9.47 Å². The lowest BCUT2D eigenvalue weighted by Gasteiger charge is -2.20. The molecule has 0 saturated carbocycles. The Bertz CT molecular complexity index is 308. The molecule has 23 heavy (non-hydrogen) atoms. The maximum atomic E-state index is 9.87. The van der Waals surface area contributed by atoms with Gasteiger partial charge in [0.05, 0.1) is 13.2 Å². The van der Waals surface area contributed by atoms with Crippen LogP contribution in [0.4, 0.5) is 0 Å². The van der Waals surface area contributed by atoms with Gasteiger partial charge in [-0.2, -0.15) is 0 Å². The topological polar surface area (TPSA) is 79.2 Å². The molecule has 0 aromatic carbocycles. The van der Waals surface area contributed by atoms with Crippen molar-refractivity contribution in [2.45, 2.75) is 82.7 Å². The Morgan fingerprint density at radius 3 is 2.48 bits per heavy atom. The van der Waals surface area contributed by atoms with Gasteiger partial charge in [-0.25, -0.2) is 0 Å². The van der Waals surface area contributed by atoms with E-state index in [0.717, 1.165) is 12.8 Å². The van der Waals surface area contributed by atoms with E-state index < -0.39 is 24.4 Å². The molecule has 1 rings (SSSR count). The molecule has 1 fully saturated rings. The molecular weight excluding hydrogens is 296 g/mol. The monoisotopic (exact) mass is 330 g/mol. The number of hydrogen-bond donors (Lipinski definition) is 3. The van der Waals surface area contributed by atoms with Gasteiger partial charge in [0, 0.05) is 6.61 Å². The Labute approximate surface area is 140 Å². The first-order valence-corrected chi connectivity index (χ1v) is 9.05. The van der Waals surface area contributed by atoms with Gasteiger partial charge in [0.25, 0.3) is 0 Å². The van der Waals surface area contributed by atoms with Crippen LogP contribution < -0.4 is 0 Å². The van der Waals surface area contributed by atoms with Crippen LogP contribution in [0.1, 0.15) is 58.3 Å². The average molecular weight is 330 g/mol. The minimum atomic E-state index is -1.03. The fraction of sp³-hybridized carbons (Fsp3) is 0.889. The molecule has 0 bridgehead atoms. The summed E-state index contributed by atoms with van der Waals surface area (Å²) < 4.78 is 10.6. The van der Waals surface area contributed by atoms with Crippen molar-refractivity contribution in [2.24, 2.45) is 0 Å². The molecule has 0 aromatic rings. The zero-order valence-corrected chi connectivity index (χ0v) is 14.4. The molecule has 4 atom stereocenters. The SMILES string of the molecule is CCC/C=C/CCCCCCCOC[C@H](O)[C@H]1OC[C@@H](O)[C@H]1O. The maximum Gasteiger partial charge on any atom is 0.114 e. The van der Waals surface area contributed by atoms with Crippen LogP contribution in [0, 0.1) is 0 Å². The summed E-state index contributed by atoms with van der Waals surface area (Å²) in [7, 11) is 0. The van der Waals surface area contributed by atoms with E-state index >= 15 is 0 Å². The molecule has 1 heterocycles. The first-order chi connectivity index (χ1) is 11.2. The number of rotatable bonds is 13. The lowest BCUT2D eigenvalue weighted by molar-refractivity contribution is -0.0813. The summed E-state index contributed by atoms with van der Waals surface area (Å²) >= 11 is 0. The Kier molecular flexibility index (Phi) is 11.5. The molecule has 0 unspecified atom stereocenters. The quantitative estimate of drug-likeness (QED) is 0.356. The minimum absolute atomic E-state index is 0.0660. The molecule has 5 heteroatoms. The van der Waals surface area contributed by atoms with E-state index in [-0.39, 0.29) is 13.2 Å². The van der Waals surface area contributed by atoms with Gasteiger partial charge < -0.3 is 24.8 Å². The Balaban J connectivity index is 1.88. The molecule has 136 valence electrons. The van der Waals surface area contributed by atoms with E-state index in [1.54, 1.807) is 0 Å². The molecule has 1 saturated heterocycles. The highest BCUT2D eigenvalue weighted by Gasteiger charge is 2.39. The third kappa shape index (κ3) is 8.82. The molecule has 0 spiro atoms. The molecule has 0 amide bonds. The summed E-state index contributed by atoms with van der Waals surface area (Å²) in [6, 6.07) is 0. The van der Waals surface area contributed by atoms with Crippen LogP contribution in [-0.4, -0.2) is 59.6 Å². The second-order valence-electron chi connectivity index (χ2n) is 6.31. The van der Waals surface area contributed by atoms with Gasteiger partial charge in [-0.05, 0) is 25.7 Å². The molecular formula is C18H34O5. The Hall–Kier alpha value is -0.460. The van der Waals surface area contributed by atoms with Crippen molar-refractivity contribution >= 4 is 0 Å². The largest absolute Gasteiger partial charge is 0.388 e. The minimum Gasteiger partial charge on any atom is -0.388 e. The van der Waals surface area contributed by atoms with Crippen LogP contribution in [0.3, 0.4) is 0 Å². The van der Waals surface area contributed by atoms with Crippen LogP contribution in [-0.2, 0) is 9.47 Å². The molecule has 1 aliphatic rings. The third-order valence-corrected chi connectivity index (χ3v) is 4.14. The van der Waals surface area contributed by atoms with Crippen molar-refractivity contribution in [2.75, 3.05) is 19.8 Å². The fourth-order valence-electron chi connectivity index (χ4n) is 2.66. The molecule has 1 aliphatic heterocycles. The molecule has 0 aliphatic carbocycles. The number of allylic oxidation sites excluding steroid dienone is 2. The van der Waals surface area contributed by atoms with Crippen molar-refractivity contribution in [3.05, 3.63) is 12.2 Å². The number of unbranched alkanes of at least 4 members (excludes halogenated alkanes) is 6. The smallest absolute Gasteiger partial charge is 0.114 e. The standard InChI is InChI=1S/C18H34O5/c1-2-3-4-5-6-7-8-9-10-11-12-22-13-16(20)18-17(21)15(19)14-23-18/h4-5,15-21H,2-3,6-14H2,1H3/b5-4+/t15-,16+,17-,18-/m1/s1. The highest BCUT2D eigenvalue weighted by Crippen LogP contribution is 2.17. The summed E-state index contributed by atoms with van der Waals surface area (Å²) in [5, 5.41) is 28.9. The van der Waals surface area contributed by atoms with E-state index in [2.05, 4.69) is 19.1 Å². The predicted molar refractivity (Wildman–Crippen MR) is 90.3 cm³/mol. The number of hydrogen-bond acceptors (Lipinski definition) is 5. The van der Waals surface area contributed by atoms with E-state index in [1.165, 1.54) is 38.5 Å². The second kappa shape index (κ2) is 12.9. The van der Waals surface area contributed by atoms with Crippen molar-refractivity contribution in [3.63, 3.8) is 0 Å². The normalized spacial score (nSPS) is 26.2. The lowest BCUT2D eigenvalue weighted by atomic mass is 10.1. The highest BCUT2D eigenvalue weighted by atomic mass is 16.5. The fourth-order valence-corrected chi connectivity index (χ4v) is 2.66. The third-order valence-electron chi connectivity index (χ3n) is 4.14. The molecule has 0 radical (unpaired) electrons. The van der Waals surface area contributed by atoms with Crippen LogP contribution in [0.15, 0.2) is 12.2 Å². The van der Waals surface area contributed by atoms with Gasteiger partial charge in [0.2, 0.25) is 0 Å². The first-order valence-electron chi connectivity index (χ1n) is 9.05. The first kappa shape index (κ1) is 20.6. The molecule has 0 aromatic heterocycles. The lowest BCUT2D eigenvalue weighted by Crippen LogP contribution is -2.40. The van der Waals surface area contributed by atoms with Crippen LogP contribution >= 0.6 is 0 Å². The van der Waals surface area contributed by atoms with E-state index in [0.29, 0.717) is 6.61 Å². The van der Waals surface area contributed by atoms with E-state index in [9.17, 15) is 15.3 Å². The van der Waals surface area contributed by atoms with Gasteiger partial charge >= 0.3 is 0 Å². The predicted octanol–water partition coefficient (Wildman–Crippen LogP) is 2.18. The Morgan fingerprint density at radius 2 is 1.78 bits per heavy atom. The number of ether oxygens (including phenoxy) is 2. The average Bonchev–Trinajstić information content (AvgIpc) is 2.88. The summed E-state index contributed by atoms with van der Waals surface area (Å²) in [4.78, 5) is 0. The van der Waals surface area contributed by atoms with Crippen molar-refractivity contribution in [1.82, 2.24) is 0 Å². The zero-order valence-electron chi connectivity index (χ0n) is 14.4. The summed E-state index contributed by atoms with van der Waals surface area (Å²) in [6.45, 7) is 3.00. The summed E-state index contributed by atoms with van der Waals surface area (Å²) in [5.74, 6) is 0. The van der Waals surface area contributed by atoms with Gasteiger partial charge in [0.1, 0.15) is 24.4 Å². The Morgan fingerprint density at radius 1 is 1.09 bits per heavy atom. The summed E-state index contributed by atoms with van der Waals surface area (Å²) in [6.07, 6.45) is 10.4. The molecule has 5 nitrogen and oxygen atoms in total. The van der Waals surface area contributed by atoms with Gasteiger partial charge in [-0.1, -0.05) is 44.8 Å². The van der Waals surface area contributed by atoms with Crippen LogP contribution in [0.25, 0.3) is 0 Å². The maximum absolute atomic E-state index is 9.87. The van der Waals surface area contributed by atoms with Crippen LogP contribution in [0.5, 0.6) is 0 Å². The highest BCUT2D eigenvalue weighted by molar-refractivity contribution is 4.87. The van der Waals surface area contributed by atoms with Gasteiger partial charge in [-0.3, -0.25) is 0 Å². The van der Waals surface area contributed by atoms with Crippen molar-refractivity contribution in [3.8, 4) is 0 Å². The summed E-state index contributed by atoms with van der Waals surface area (Å²) in [5.41, 5.74) is 0. The van der Waals surface area contributed by atoms with Gasteiger partial charge in [0.15, 0.2) is 0 Å². The molecule has 3 N–H and O–H groups in total. The second-order valence-corrected chi connectivity index (χ2v) is 6.31. The van der Waals surface area contributed by atoms with Crippen LogP contribution in [0.2, 0.25) is 0 Å². The number of aliphatic hydroxyl groups excluding tert-OH is 3. The van der Waals surface area contributed by atoms with Crippen molar-refractivity contribution < 1.29 is 24.8 Å². The van der Waals surface area contributed by atoms with Gasteiger partial charge in [-0.15, -0.1) is 0 Å². The zero-order chi connectivity index (χ0) is 16.9.